The van der Waals surface area contributed by atoms with Crippen molar-refractivity contribution >= 4 is 17.5 Å². The van der Waals surface area contributed by atoms with Crippen molar-refractivity contribution in [3.8, 4) is 0 Å². The molecule has 0 bridgehead atoms. The van der Waals surface area contributed by atoms with E-state index in [-0.39, 0.29) is 11.8 Å². The van der Waals surface area contributed by atoms with Gasteiger partial charge in [-0.2, -0.15) is 0 Å². The van der Waals surface area contributed by atoms with Gasteiger partial charge in [-0.05, 0) is 42.7 Å². The molecule has 5 heteroatoms. The Kier molecular flexibility index (Phi) is 5.23. The largest absolute Gasteiger partial charge is 0.312 e. The van der Waals surface area contributed by atoms with Crippen LogP contribution in [0.25, 0.3) is 0 Å². The van der Waals surface area contributed by atoms with E-state index >= 15 is 0 Å². The smallest absolute Gasteiger partial charge is 0.274 e. The third-order valence-electron chi connectivity index (χ3n) is 4.01. The van der Waals surface area contributed by atoms with E-state index in [2.05, 4.69) is 5.48 Å². The van der Waals surface area contributed by atoms with Gasteiger partial charge in [-0.1, -0.05) is 30.3 Å². The van der Waals surface area contributed by atoms with E-state index in [1.807, 2.05) is 30.3 Å². The Labute approximate surface area is 141 Å². The molecule has 0 unspecified atom stereocenters. The fourth-order valence-electron chi connectivity index (χ4n) is 2.69. The second-order valence-corrected chi connectivity index (χ2v) is 5.75. The van der Waals surface area contributed by atoms with E-state index in [1.165, 1.54) is 0 Å². The van der Waals surface area contributed by atoms with Crippen LogP contribution in [-0.2, 0) is 16.2 Å². The minimum atomic E-state index is -0.303. The maximum Gasteiger partial charge on any atom is 0.274 e. The Morgan fingerprint density at radius 1 is 1.04 bits per heavy atom. The van der Waals surface area contributed by atoms with E-state index in [4.69, 9.17) is 4.84 Å². The number of hydrogen-bond donors (Lipinski definition) is 1. The number of nitrogens with one attached hydrogen (secondary N) is 1. The Morgan fingerprint density at radius 3 is 2.50 bits per heavy atom. The molecule has 3 rings (SSSR count). The number of amides is 2. The molecule has 1 heterocycles. The predicted octanol–water partition coefficient (Wildman–Crippen LogP) is 3.07. The first-order valence-electron chi connectivity index (χ1n) is 8.10. The van der Waals surface area contributed by atoms with E-state index in [9.17, 15) is 9.59 Å². The van der Waals surface area contributed by atoms with Gasteiger partial charge in [-0.3, -0.25) is 14.4 Å². The maximum atomic E-state index is 12.1. The van der Waals surface area contributed by atoms with Gasteiger partial charge in [0.25, 0.3) is 5.91 Å². The van der Waals surface area contributed by atoms with Crippen LogP contribution in [0.3, 0.4) is 0 Å². The van der Waals surface area contributed by atoms with Crippen LogP contribution in [0.5, 0.6) is 0 Å². The first-order chi connectivity index (χ1) is 11.7. The van der Waals surface area contributed by atoms with Crippen molar-refractivity contribution in [2.75, 3.05) is 11.4 Å². The second kappa shape index (κ2) is 7.75. The number of carbonyl (C=O) groups is 2. The Morgan fingerprint density at radius 2 is 1.79 bits per heavy atom. The summed E-state index contributed by atoms with van der Waals surface area (Å²) in [4.78, 5) is 31.0. The van der Waals surface area contributed by atoms with Gasteiger partial charge in [0.05, 0.1) is 6.61 Å². The summed E-state index contributed by atoms with van der Waals surface area (Å²) in [5, 5.41) is 0. The summed E-state index contributed by atoms with van der Waals surface area (Å²) in [7, 11) is 0. The first-order valence-corrected chi connectivity index (χ1v) is 8.10. The van der Waals surface area contributed by atoms with Crippen LogP contribution in [0.2, 0.25) is 0 Å². The summed E-state index contributed by atoms with van der Waals surface area (Å²) in [6, 6.07) is 16.6. The zero-order valence-corrected chi connectivity index (χ0v) is 13.4. The standard InChI is InChI=1S/C19H20N2O3/c22-18-8-4-5-13-21(18)17-11-9-16(10-12-17)19(23)20-24-14-15-6-2-1-3-7-15/h1-3,6-7,9-12H,4-5,8,13-14H2,(H,20,23). The fourth-order valence-corrected chi connectivity index (χ4v) is 2.69. The number of hydrogen-bond acceptors (Lipinski definition) is 3. The van der Waals surface area contributed by atoms with Crippen molar-refractivity contribution in [2.45, 2.75) is 25.9 Å². The molecule has 0 atom stereocenters. The van der Waals surface area contributed by atoms with Gasteiger partial charge in [-0.15, -0.1) is 0 Å². The van der Waals surface area contributed by atoms with Crippen LogP contribution >= 0.6 is 0 Å². The van der Waals surface area contributed by atoms with E-state index < -0.39 is 0 Å². The van der Waals surface area contributed by atoms with Crippen molar-refractivity contribution in [1.82, 2.24) is 5.48 Å². The van der Waals surface area contributed by atoms with Crippen molar-refractivity contribution in [3.05, 3.63) is 65.7 Å². The van der Waals surface area contributed by atoms with Crippen LogP contribution in [0.1, 0.15) is 35.2 Å². The highest BCUT2D eigenvalue weighted by Crippen LogP contribution is 2.21. The lowest BCUT2D eigenvalue weighted by molar-refractivity contribution is -0.119. The second-order valence-electron chi connectivity index (χ2n) is 5.75. The van der Waals surface area contributed by atoms with Crippen LogP contribution < -0.4 is 10.4 Å². The Bertz CT molecular complexity index is 698. The van der Waals surface area contributed by atoms with Crippen molar-refractivity contribution in [3.63, 3.8) is 0 Å². The molecule has 5 nitrogen and oxygen atoms in total. The molecular weight excluding hydrogens is 304 g/mol. The number of benzene rings is 2. The lowest BCUT2D eigenvalue weighted by atomic mass is 10.1. The molecule has 124 valence electrons. The SMILES string of the molecule is O=C(NOCc1ccccc1)c1ccc(N2CCCCC2=O)cc1. The zero-order valence-electron chi connectivity index (χ0n) is 13.4. The van der Waals surface area contributed by atoms with Gasteiger partial charge in [0.1, 0.15) is 0 Å². The molecule has 24 heavy (non-hydrogen) atoms. The monoisotopic (exact) mass is 324 g/mol. The van der Waals surface area contributed by atoms with E-state index in [1.54, 1.807) is 29.2 Å². The zero-order chi connectivity index (χ0) is 16.8. The molecule has 2 aromatic carbocycles. The summed E-state index contributed by atoms with van der Waals surface area (Å²) in [5.74, 6) is -0.160. The molecule has 0 aliphatic carbocycles. The normalized spacial score (nSPS) is 14.5. The van der Waals surface area contributed by atoms with Crippen molar-refractivity contribution in [2.24, 2.45) is 0 Å². The summed E-state index contributed by atoms with van der Waals surface area (Å²) in [5.41, 5.74) is 4.75. The minimum Gasteiger partial charge on any atom is -0.312 e. The van der Waals surface area contributed by atoms with Gasteiger partial charge < -0.3 is 4.90 Å². The topological polar surface area (TPSA) is 58.6 Å². The highest BCUT2D eigenvalue weighted by Gasteiger charge is 2.19. The summed E-state index contributed by atoms with van der Waals surface area (Å²) < 4.78 is 0. The fraction of sp³-hybridized carbons (Fsp3) is 0.263. The number of nitrogens with zero attached hydrogens (tertiary/aromatic N) is 1. The number of hydroxylamine groups is 1. The van der Waals surface area contributed by atoms with E-state index in [0.717, 1.165) is 30.6 Å². The molecule has 2 aromatic rings. The molecule has 2 amide bonds. The molecule has 1 aliphatic heterocycles. The highest BCUT2D eigenvalue weighted by atomic mass is 16.6. The van der Waals surface area contributed by atoms with Crippen LogP contribution in [-0.4, -0.2) is 18.4 Å². The maximum absolute atomic E-state index is 12.1. The predicted molar refractivity (Wildman–Crippen MR) is 91.3 cm³/mol. The molecule has 1 N–H and O–H groups in total. The number of anilines is 1. The molecule has 0 radical (unpaired) electrons. The molecule has 1 aliphatic rings. The minimum absolute atomic E-state index is 0.143. The Hall–Kier alpha value is -2.66. The van der Waals surface area contributed by atoms with Gasteiger partial charge in [0, 0.05) is 24.2 Å². The molecule has 0 saturated carbocycles. The molecule has 1 fully saturated rings. The molecule has 0 aromatic heterocycles. The highest BCUT2D eigenvalue weighted by molar-refractivity contribution is 5.96. The summed E-state index contributed by atoms with van der Waals surface area (Å²) in [6.07, 6.45) is 2.56. The van der Waals surface area contributed by atoms with Crippen LogP contribution in [0.4, 0.5) is 5.69 Å². The Balaban J connectivity index is 1.54. The van der Waals surface area contributed by atoms with E-state index in [0.29, 0.717) is 18.6 Å². The number of carbonyl (C=O) groups excluding carboxylic acids is 2. The van der Waals surface area contributed by atoms with Crippen molar-refractivity contribution < 1.29 is 14.4 Å². The van der Waals surface area contributed by atoms with Gasteiger partial charge >= 0.3 is 0 Å². The first kappa shape index (κ1) is 16.2. The van der Waals surface area contributed by atoms with Gasteiger partial charge in [0.15, 0.2) is 0 Å². The number of piperidine rings is 1. The lowest BCUT2D eigenvalue weighted by Crippen LogP contribution is -2.35. The van der Waals surface area contributed by atoms with Gasteiger partial charge in [0.2, 0.25) is 5.91 Å². The lowest BCUT2D eigenvalue weighted by Gasteiger charge is -2.26. The van der Waals surface area contributed by atoms with Crippen molar-refractivity contribution in [1.29, 1.82) is 0 Å². The summed E-state index contributed by atoms with van der Waals surface area (Å²) in [6.45, 7) is 1.05. The van der Waals surface area contributed by atoms with Crippen LogP contribution in [0, 0.1) is 0 Å². The third kappa shape index (κ3) is 4.00. The molecule has 1 saturated heterocycles. The average molecular weight is 324 g/mol. The summed E-state index contributed by atoms with van der Waals surface area (Å²) >= 11 is 0. The average Bonchev–Trinajstić information content (AvgIpc) is 2.63. The quantitative estimate of drug-likeness (QED) is 0.860. The third-order valence-corrected chi connectivity index (χ3v) is 4.01. The molecular formula is C19H20N2O3. The van der Waals surface area contributed by atoms with Crippen LogP contribution in [0.15, 0.2) is 54.6 Å². The number of rotatable bonds is 5. The molecule has 0 spiro atoms. The van der Waals surface area contributed by atoms with Gasteiger partial charge in [-0.25, -0.2) is 5.48 Å².